The molecule has 2 atom stereocenters. The van der Waals surface area contributed by atoms with Gasteiger partial charge in [0.05, 0.1) is 11.4 Å². The van der Waals surface area contributed by atoms with E-state index in [1.54, 1.807) is 22.7 Å². The minimum Gasteiger partial charge on any atom is -0.338 e. The van der Waals surface area contributed by atoms with Crippen LogP contribution in [0, 0.1) is 0 Å². The van der Waals surface area contributed by atoms with E-state index in [-0.39, 0.29) is 11.9 Å². The Bertz CT molecular complexity index is 681. The predicted octanol–water partition coefficient (Wildman–Crippen LogP) is 1.19. The van der Waals surface area contributed by atoms with E-state index in [1.165, 1.54) is 20.2 Å². The second-order valence-electron chi connectivity index (χ2n) is 5.49. The summed E-state index contributed by atoms with van der Waals surface area (Å²) in [5, 5.41) is 9.20. The van der Waals surface area contributed by atoms with Crippen LogP contribution in [0.15, 0.2) is 29.0 Å². The number of nitrogens with one attached hydrogen (secondary N) is 3. The van der Waals surface area contributed by atoms with Crippen LogP contribution in [-0.2, 0) is 11.2 Å². The van der Waals surface area contributed by atoms with Crippen LogP contribution in [0.2, 0.25) is 0 Å². The second-order valence-corrected chi connectivity index (χ2v) is 7.47. The SMILES string of the molecule is CCNC(=O)NC(=O)C[NH+]1CCc2sccc2[C@@H]1c1cccs1. The van der Waals surface area contributed by atoms with Crippen LogP contribution in [0.5, 0.6) is 0 Å². The summed E-state index contributed by atoms with van der Waals surface area (Å²) in [6.07, 6.45) is 0.985. The standard InChI is InChI=1S/C16H19N3O2S2/c1-2-17-16(21)18-14(20)10-19-7-5-12-11(6-9-23-12)15(19)13-4-3-8-22-13/h3-4,6,8-9,15H,2,5,7,10H2,1H3,(H2,17,18,20,21)/p+1/t15-/m1/s1. The third-order valence-corrected chi connectivity index (χ3v) is 5.91. The zero-order valence-electron chi connectivity index (χ0n) is 12.9. The molecule has 0 fully saturated rings. The van der Waals surface area contributed by atoms with Gasteiger partial charge >= 0.3 is 6.03 Å². The molecule has 1 aliphatic rings. The summed E-state index contributed by atoms with van der Waals surface area (Å²) >= 11 is 3.51. The third-order valence-electron chi connectivity index (χ3n) is 3.98. The van der Waals surface area contributed by atoms with E-state index in [9.17, 15) is 9.59 Å². The average Bonchev–Trinajstić information content (AvgIpc) is 3.18. The highest BCUT2D eigenvalue weighted by atomic mass is 32.1. The lowest BCUT2D eigenvalue weighted by Gasteiger charge is -2.31. The van der Waals surface area contributed by atoms with Crippen LogP contribution in [0.3, 0.4) is 0 Å². The monoisotopic (exact) mass is 350 g/mol. The maximum Gasteiger partial charge on any atom is 0.321 e. The fourth-order valence-electron chi connectivity index (χ4n) is 3.03. The minimum absolute atomic E-state index is 0.185. The minimum atomic E-state index is -0.419. The largest absolute Gasteiger partial charge is 0.338 e. The van der Waals surface area contributed by atoms with E-state index >= 15 is 0 Å². The van der Waals surface area contributed by atoms with Gasteiger partial charge in [0.25, 0.3) is 5.91 Å². The highest BCUT2D eigenvalue weighted by molar-refractivity contribution is 7.10. The normalized spacial score (nSPS) is 19.9. The molecule has 0 saturated heterocycles. The smallest absolute Gasteiger partial charge is 0.321 e. The van der Waals surface area contributed by atoms with Gasteiger partial charge in [-0.3, -0.25) is 10.1 Å². The summed E-state index contributed by atoms with van der Waals surface area (Å²) in [4.78, 5) is 27.6. The number of thiophene rings is 2. The molecular formula is C16H20N3O2S2+. The zero-order chi connectivity index (χ0) is 16.2. The Morgan fingerprint density at radius 2 is 2.17 bits per heavy atom. The van der Waals surface area contributed by atoms with Gasteiger partial charge in [-0.2, -0.15) is 0 Å². The molecular weight excluding hydrogens is 330 g/mol. The molecule has 5 nitrogen and oxygen atoms in total. The van der Waals surface area contributed by atoms with Crippen LogP contribution in [0.1, 0.15) is 28.3 Å². The van der Waals surface area contributed by atoms with E-state index in [1.807, 2.05) is 13.0 Å². The molecule has 1 unspecified atom stereocenters. The molecule has 122 valence electrons. The molecule has 1 aliphatic heterocycles. The van der Waals surface area contributed by atoms with Gasteiger partial charge in [0.1, 0.15) is 6.04 Å². The van der Waals surface area contributed by atoms with Crippen LogP contribution in [0.4, 0.5) is 4.79 Å². The van der Waals surface area contributed by atoms with E-state index in [4.69, 9.17) is 0 Å². The van der Waals surface area contributed by atoms with Crippen molar-refractivity contribution < 1.29 is 14.5 Å². The number of rotatable bonds is 4. The second kappa shape index (κ2) is 7.25. The van der Waals surface area contributed by atoms with Crippen molar-refractivity contribution in [2.24, 2.45) is 0 Å². The maximum absolute atomic E-state index is 12.2. The molecule has 3 heterocycles. The topological polar surface area (TPSA) is 62.6 Å². The maximum atomic E-state index is 12.2. The fourth-order valence-corrected chi connectivity index (χ4v) is 4.85. The summed E-state index contributed by atoms with van der Waals surface area (Å²) in [5.41, 5.74) is 1.32. The highest BCUT2D eigenvalue weighted by Crippen LogP contribution is 2.31. The van der Waals surface area contributed by atoms with Gasteiger partial charge in [0, 0.05) is 23.4 Å². The Balaban J connectivity index is 1.76. The Morgan fingerprint density at radius 3 is 2.91 bits per heavy atom. The molecule has 23 heavy (non-hydrogen) atoms. The summed E-state index contributed by atoms with van der Waals surface area (Å²) < 4.78 is 0. The van der Waals surface area contributed by atoms with Crippen molar-refractivity contribution in [2.45, 2.75) is 19.4 Å². The summed E-state index contributed by atoms with van der Waals surface area (Å²) in [6.45, 7) is 3.53. The highest BCUT2D eigenvalue weighted by Gasteiger charge is 2.35. The van der Waals surface area contributed by atoms with Crippen molar-refractivity contribution in [1.29, 1.82) is 0 Å². The Labute approximate surface area is 143 Å². The zero-order valence-corrected chi connectivity index (χ0v) is 14.6. The van der Waals surface area contributed by atoms with E-state index in [0.29, 0.717) is 13.1 Å². The molecule has 3 amide bonds. The first-order valence-electron chi connectivity index (χ1n) is 7.71. The number of carbonyl (C=O) groups is 2. The van der Waals surface area contributed by atoms with Crippen molar-refractivity contribution in [3.8, 4) is 0 Å². The fraction of sp³-hybridized carbons (Fsp3) is 0.375. The first-order chi connectivity index (χ1) is 11.2. The number of imide groups is 1. The summed E-state index contributed by atoms with van der Waals surface area (Å²) in [6, 6.07) is 6.12. The molecule has 2 aromatic heterocycles. The summed E-state index contributed by atoms with van der Waals surface area (Å²) in [7, 11) is 0. The molecule has 3 rings (SSSR count). The van der Waals surface area contributed by atoms with Gasteiger partial charge in [-0.15, -0.1) is 22.7 Å². The number of urea groups is 1. The first kappa shape index (κ1) is 16.2. The van der Waals surface area contributed by atoms with Gasteiger partial charge in [0.2, 0.25) is 0 Å². The molecule has 0 radical (unpaired) electrons. The number of carbonyl (C=O) groups excluding carboxylic acids is 2. The Morgan fingerprint density at radius 1 is 1.30 bits per heavy atom. The molecule has 0 aromatic carbocycles. The molecule has 3 N–H and O–H groups in total. The van der Waals surface area contributed by atoms with Crippen LogP contribution < -0.4 is 15.5 Å². The lowest BCUT2D eigenvalue weighted by Crippen LogP contribution is -3.14. The third kappa shape index (κ3) is 3.63. The van der Waals surface area contributed by atoms with Gasteiger partial charge in [-0.1, -0.05) is 6.07 Å². The van der Waals surface area contributed by atoms with E-state index in [2.05, 4.69) is 33.5 Å². The molecule has 7 heteroatoms. The van der Waals surface area contributed by atoms with Gasteiger partial charge in [0.15, 0.2) is 6.54 Å². The Kier molecular flexibility index (Phi) is 5.09. The van der Waals surface area contributed by atoms with E-state index < -0.39 is 6.03 Å². The molecule has 2 aromatic rings. The van der Waals surface area contributed by atoms with Crippen LogP contribution in [-0.4, -0.2) is 31.6 Å². The lowest BCUT2D eigenvalue weighted by molar-refractivity contribution is -0.919. The van der Waals surface area contributed by atoms with Gasteiger partial charge in [-0.05, 0) is 29.8 Å². The molecule has 0 bridgehead atoms. The van der Waals surface area contributed by atoms with E-state index in [0.717, 1.165) is 13.0 Å². The Hall–Kier alpha value is -1.70. The molecule has 0 saturated carbocycles. The number of fused-ring (bicyclic) bond motifs is 1. The van der Waals surface area contributed by atoms with Crippen molar-refractivity contribution in [3.63, 3.8) is 0 Å². The van der Waals surface area contributed by atoms with Gasteiger partial charge in [-0.25, -0.2) is 4.79 Å². The average molecular weight is 350 g/mol. The van der Waals surface area contributed by atoms with Crippen LogP contribution in [0.25, 0.3) is 0 Å². The number of hydrogen-bond acceptors (Lipinski definition) is 4. The first-order valence-corrected chi connectivity index (χ1v) is 9.47. The van der Waals surface area contributed by atoms with Crippen molar-refractivity contribution in [2.75, 3.05) is 19.6 Å². The molecule has 0 aliphatic carbocycles. The van der Waals surface area contributed by atoms with Crippen LogP contribution >= 0.6 is 22.7 Å². The number of hydrogen-bond donors (Lipinski definition) is 3. The summed E-state index contributed by atoms with van der Waals surface area (Å²) in [5.74, 6) is -0.230. The van der Waals surface area contributed by atoms with Crippen molar-refractivity contribution in [3.05, 3.63) is 44.3 Å². The lowest BCUT2D eigenvalue weighted by atomic mass is 9.98. The van der Waals surface area contributed by atoms with Gasteiger partial charge < -0.3 is 10.2 Å². The number of quaternary nitrogens is 1. The van der Waals surface area contributed by atoms with Crippen molar-refractivity contribution >= 4 is 34.6 Å². The number of amides is 3. The molecule has 0 spiro atoms. The van der Waals surface area contributed by atoms with Crippen molar-refractivity contribution in [1.82, 2.24) is 10.6 Å². The quantitative estimate of drug-likeness (QED) is 0.776. The predicted molar refractivity (Wildman–Crippen MR) is 92.1 cm³/mol.